The number of benzene rings is 2. The van der Waals surface area contributed by atoms with Gasteiger partial charge in [-0.1, -0.05) is 61.4 Å². The van der Waals surface area contributed by atoms with Gasteiger partial charge in [0.15, 0.2) is 5.82 Å². The summed E-state index contributed by atoms with van der Waals surface area (Å²) in [6.07, 6.45) is 4.52. The van der Waals surface area contributed by atoms with Gasteiger partial charge in [0.05, 0.1) is 18.0 Å². The number of carbonyl (C=O) groups is 1. The Balaban J connectivity index is 1.34. The summed E-state index contributed by atoms with van der Waals surface area (Å²) in [6.45, 7) is 2.55. The van der Waals surface area contributed by atoms with Crippen LogP contribution in [-0.2, 0) is 14.8 Å². The van der Waals surface area contributed by atoms with Crippen LogP contribution < -0.4 is 10.1 Å². The van der Waals surface area contributed by atoms with E-state index in [1.165, 1.54) is 16.1 Å². The third-order valence-corrected chi connectivity index (χ3v) is 8.95. The van der Waals surface area contributed by atoms with Crippen molar-refractivity contribution in [2.75, 3.05) is 25.4 Å². The van der Waals surface area contributed by atoms with E-state index >= 15 is 0 Å². The van der Waals surface area contributed by atoms with Crippen molar-refractivity contribution in [3.8, 4) is 17.1 Å². The molecular weight excluding hydrogens is 510 g/mol. The zero-order valence-corrected chi connectivity index (χ0v) is 22.6. The standard InChI is InChI=1S/C26H33N5O4S2/c1-2-35-22-13-15-23(16-14-22)37(33,34)31(21-11-7-4-8-12-21)19-24(32)27-17-18-36-26-28-25(29-30-26)20-9-5-3-6-10-20/h3,5-6,9-10,13-16,21H,2,4,7-8,11-12,17-19H2,1H3,(H,27,32)(H,28,29,30). The van der Waals surface area contributed by atoms with E-state index in [0.717, 1.165) is 37.7 Å². The second kappa shape index (κ2) is 13.1. The number of sulfonamides is 1. The van der Waals surface area contributed by atoms with Gasteiger partial charge in [-0.25, -0.2) is 13.4 Å². The van der Waals surface area contributed by atoms with Crippen molar-refractivity contribution in [3.63, 3.8) is 0 Å². The first kappa shape index (κ1) is 27.2. The van der Waals surface area contributed by atoms with Gasteiger partial charge >= 0.3 is 0 Å². The maximum absolute atomic E-state index is 13.6. The lowest BCUT2D eigenvalue weighted by Crippen LogP contribution is -2.47. The van der Waals surface area contributed by atoms with E-state index < -0.39 is 10.0 Å². The zero-order valence-electron chi connectivity index (χ0n) is 20.9. The van der Waals surface area contributed by atoms with Crippen LogP contribution >= 0.6 is 11.8 Å². The molecule has 198 valence electrons. The Morgan fingerprint density at radius 3 is 2.54 bits per heavy atom. The first-order chi connectivity index (χ1) is 18.0. The Kier molecular flexibility index (Phi) is 9.59. The van der Waals surface area contributed by atoms with Gasteiger partial charge in [0, 0.05) is 23.9 Å². The van der Waals surface area contributed by atoms with E-state index in [0.29, 0.717) is 35.6 Å². The molecule has 0 unspecified atom stereocenters. The molecule has 1 aliphatic rings. The molecule has 11 heteroatoms. The number of nitrogens with one attached hydrogen (secondary N) is 2. The van der Waals surface area contributed by atoms with E-state index in [4.69, 9.17) is 4.74 Å². The number of nitrogens with zero attached hydrogens (tertiary/aromatic N) is 3. The maximum atomic E-state index is 13.6. The minimum atomic E-state index is -3.84. The first-order valence-corrected chi connectivity index (χ1v) is 15.0. The fraction of sp³-hybridized carbons (Fsp3) is 0.423. The van der Waals surface area contributed by atoms with Crippen molar-refractivity contribution in [3.05, 3.63) is 54.6 Å². The molecule has 0 bridgehead atoms. The number of thioether (sulfide) groups is 1. The molecule has 0 radical (unpaired) electrons. The van der Waals surface area contributed by atoms with Crippen molar-refractivity contribution in [1.29, 1.82) is 0 Å². The van der Waals surface area contributed by atoms with Gasteiger partial charge in [-0.3, -0.25) is 9.89 Å². The fourth-order valence-electron chi connectivity index (χ4n) is 4.36. The number of hydrogen-bond acceptors (Lipinski definition) is 7. The van der Waals surface area contributed by atoms with Crippen molar-refractivity contribution in [2.24, 2.45) is 0 Å². The molecule has 0 saturated heterocycles. The van der Waals surface area contributed by atoms with Crippen molar-refractivity contribution >= 4 is 27.7 Å². The van der Waals surface area contributed by atoms with Crippen LogP contribution in [0.5, 0.6) is 5.75 Å². The summed E-state index contributed by atoms with van der Waals surface area (Å²) >= 11 is 1.42. The SMILES string of the molecule is CCOc1ccc(S(=O)(=O)N(CC(=O)NCCSc2n[nH]c(-c3ccccc3)n2)C2CCCCC2)cc1. The molecule has 1 fully saturated rings. The van der Waals surface area contributed by atoms with E-state index in [-0.39, 0.29) is 23.4 Å². The summed E-state index contributed by atoms with van der Waals surface area (Å²) in [5.74, 6) is 1.55. The molecule has 2 N–H and O–H groups in total. The van der Waals surface area contributed by atoms with Crippen molar-refractivity contribution in [2.45, 2.75) is 55.1 Å². The number of hydrogen-bond donors (Lipinski definition) is 2. The number of rotatable bonds is 12. The van der Waals surface area contributed by atoms with Crippen molar-refractivity contribution < 1.29 is 17.9 Å². The molecule has 3 aromatic rings. The van der Waals surface area contributed by atoms with Gasteiger partial charge < -0.3 is 10.1 Å². The zero-order chi connectivity index (χ0) is 26.1. The predicted molar refractivity (Wildman–Crippen MR) is 144 cm³/mol. The molecule has 1 aliphatic carbocycles. The summed E-state index contributed by atoms with van der Waals surface area (Å²) < 4.78 is 33.9. The Bertz CT molecular complexity index is 1240. The Labute approximate surface area is 222 Å². The molecule has 37 heavy (non-hydrogen) atoms. The lowest BCUT2D eigenvalue weighted by atomic mass is 9.95. The molecule has 1 heterocycles. The molecule has 2 aromatic carbocycles. The number of amides is 1. The van der Waals surface area contributed by atoms with E-state index in [1.807, 2.05) is 37.3 Å². The lowest BCUT2D eigenvalue weighted by Gasteiger charge is -2.33. The average Bonchev–Trinajstić information content (AvgIpc) is 3.40. The van der Waals surface area contributed by atoms with Crippen LogP contribution in [0, 0.1) is 0 Å². The Morgan fingerprint density at radius 1 is 1.11 bits per heavy atom. The normalized spacial score (nSPS) is 14.5. The van der Waals surface area contributed by atoms with Gasteiger partial charge in [0.1, 0.15) is 5.75 Å². The summed E-state index contributed by atoms with van der Waals surface area (Å²) in [6, 6.07) is 15.9. The highest BCUT2D eigenvalue weighted by Gasteiger charge is 2.34. The molecule has 0 aliphatic heterocycles. The van der Waals surface area contributed by atoms with Crippen LogP contribution in [0.15, 0.2) is 64.6 Å². The molecule has 0 atom stereocenters. The van der Waals surface area contributed by atoms with Crippen LogP contribution in [0.1, 0.15) is 39.0 Å². The Morgan fingerprint density at radius 2 is 1.84 bits per heavy atom. The lowest BCUT2D eigenvalue weighted by molar-refractivity contribution is -0.121. The molecule has 1 saturated carbocycles. The average molecular weight is 544 g/mol. The quantitative estimate of drug-likeness (QED) is 0.261. The topological polar surface area (TPSA) is 117 Å². The van der Waals surface area contributed by atoms with E-state index in [2.05, 4.69) is 20.5 Å². The maximum Gasteiger partial charge on any atom is 0.243 e. The van der Waals surface area contributed by atoms with Gasteiger partial charge in [0.25, 0.3) is 0 Å². The highest BCUT2D eigenvalue weighted by Crippen LogP contribution is 2.28. The number of ether oxygens (including phenoxy) is 1. The summed E-state index contributed by atoms with van der Waals surface area (Å²) in [5, 5.41) is 10.6. The highest BCUT2D eigenvalue weighted by molar-refractivity contribution is 7.99. The monoisotopic (exact) mass is 543 g/mol. The summed E-state index contributed by atoms with van der Waals surface area (Å²) in [7, 11) is -3.84. The number of carbonyl (C=O) groups excluding carboxylic acids is 1. The van der Waals surface area contributed by atoms with Crippen LogP contribution in [0.25, 0.3) is 11.4 Å². The Hall–Kier alpha value is -2.89. The molecular formula is C26H33N5O4S2. The van der Waals surface area contributed by atoms with Crippen molar-refractivity contribution in [1.82, 2.24) is 24.8 Å². The van der Waals surface area contributed by atoms with Gasteiger partial charge in [0.2, 0.25) is 21.1 Å². The van der Waals surface area contributed by atoms with Gasteiger partial charge in [-0.2, -0.15) is 4.31 Å². The molecule has 1 amide bonds. The second-order valence-corrected chi connectivity index (χ2v) is 11.7. The van der Waals surface area contributed by atoms with Gasteiger partial charge in [-0.05, 0) is 44.0 Å². The van der Waals surface area contributed by atoms with Crippen LogP contribution in [0.2, 0.25) is 0 Å². The van der Waals surface area contributed by atoms with E-state index in [9.17, 15) is 13.2 Å². The largest absolute Gasteiger partial charge is 0.494 e. The third kappa shape index (κ3) is 7.33. The number of aromatic amines is 1. The first-order valence-electron chi connectivity index (χ1n) is 12.6. The molecule has 0 spiro atoms. The van der Waals surface area contributed by atoms with Crippen LogP contribution in [0.3, 0.4) is 0 Å². The predicted octanol–water partition coefficient (Wildman–Crippen LogP) is 4.10. The summed E-state index contributed by atoms with van der Waals surface area (Å²) in [4.78, 5) is 17.5. The van der Waals surface area contributed by atoms with Gasteiger partial charge in [-0.15, -0.1) is 5.10 Å². The second-order valence-electron chi connectivity index (χ2n) is 8.78. The van der Waals surface area contributed by atoms with Crippen LogP contribution in [-0.4, -0.2) is 65.3 Å². The number of H-pyrrole nitrogens is 1. The third-order valence-electron chi connectivity index (χ3n) is 6.19. The number of aromatic nitrogens is 3. The fourth-order valence-corrected chi connectivity index (χ4v) is 6.65. The molecule has 1 aromatic heterocycles. The minimum Gasteiger partial charge on any atom is -0.494 e. The smallest absolute Gasteiger partial charge is 0.243 e. The minimum absolute atomic E-state index is 0.170. The highest BCUT2D eigenvalue weighted by atomic mass is 32.2. The molecule has 9 nitrogen and oxygen atoms in total. The summed E-state index contributed by atoms with van der Waals surface area (Å²) in [5.41, 5.74) is 0.951. The molecule has 4 rings (SSSR count). The van der Waals surface area contributed by atoms with Crippen LogP contribution in [0.4, 0.5) is 0 Å². The van der Waals surface area contributed by atoms with E-state index in [1.54, 1.807) is 24.3 Å².